The van der Waals surface area contributed by atoms with Gasteiger partial charge in [-0.2, -0.15) is 10.6 Å². The molecule has 1 aromatic carbocycles. The van der Waals surface area contributed by atoms with Crippen LogP contribution >= 0.6 is 10.6 Å². The molecule has 31 heavy (non-hydrogen) atoms. The Kier molecular flexibility index (Phi) is 6.61. The van der Waals surface area contributed by atoms with Crippen molar-refractivity contribution in [1.29, 1.82) is 0 Å². The first-order chi connectivity index (χ1) is 14.9. The molecule has 0 atom stereocenters. The van der Waals surface area contributed by atoms with E-state index in [0.717, 1.165) is 50.4 Å². The maximum atomic E-state index is 12.3. The molecule has 2 aliphatic heterocycles. The van der Waals surface area contributed by atoms with Crippen LogP contribution in [0.2, 0.25) is 0 Å². The van der Waals surface area contributed by atoms with E-state index < -0.39 is 10.6 Å². The van der Waals surface area contributed by atoms with E-state index in [-0.39, 0.29) is 11.8 Å². The number of anilines is 2. The van der Waals surface area contributed by atoms with Gasteiger partial charge in [0.15, 0.2) is 5.82 Å². The maximum absolute atomic E-state index is 12.3. The Morgan fingerprint density at radius 3 is 2.42 bits per heavy atom. The number of hydrogen-bond acceptors (Lipinski definition) is 7. The molecule has 2 aliphatic rings. The van der Waals surface area contributed by atoms with Crippen molar-refractivity contribution in [3.05, 3.63) is 36.0 Å². The Balaban J connectivity index is 1.56. The molecular weight excluding hydrogens is 418 g/mol. The van der Waals surface area contributed by atoms with E-state index in [9.17, 15) is 13.9 Å². The zero-order valence-electron chi connectivity index (χ0n) is 17.7. The number of amides is 2. The van der Waals surface area contributed by atoms with Crippen molar-refractivity contribution in [3.63, 3.8) is 0 Å². The number of nitrogens with zero attached hydrogens (tertiary/aromatic N) is 4. The minimum Gasteiger partial charge on any atom is -0.378 e. The third kappa shape index (κ3) is 5.85. The molecule has 1 aromatic heterocycles. The summed E-state index contributed by atoms with van der Waals surface area (Å²) in [5, 5.41) is 2.93. The van der Waals surface area contributed by atoms with Gasteiger partial charge in [-0.05, 0) is 37.1 Å². The summed E-state index contributed by atoms with van der Waals surface area (Å²) in [5.41, 5.74) is 2.09. The Bertz CT molecular complexity index is 907. The smallest absolute Gasteiger partial charge is 0.321 e. The highest BCUT2D eigenvalue weighted by Crippen LogP contribution is 2.38. The normalized spacial score (nSPS) is 17.6. The standard InChI is InChI=1S/C21H29N5O4S/c1-31(28,29)15-18-14-19(25-10-12-30-13-11-25)24-20(22-18)16-4-6-17(7-5-16)23-21(27)26-8-2-3-9-26/h4-7,14,28-29H,2-3,8-13,15H2,1H3,(H,23,27). The molecule has 3 N–H and O–H groups in total. The molecule has 2 aromatic rings. The summed E-state index contributed by atoms with van der Waals surface area (Å²) in [6.07, 6.45) is 3.52. The van der Waals surface area contributed by atoms with Gasteiger partial charge in [0.1, 0.15) is 5.82 Å². The summed E-state index contributed by atoms with van der Waals surface area (Å²) < 4.78 is 25.3. The molecule has 0 unspecified atom stereocenters. The summed E-state index contributed by atoms with van der Waals surface area (Å²) >= 11 is 0. The van der Waals surface area contributed by atoms with Crippen LogP contribution in [0.25, 0.3) is 11.4 Å². The number of urea groups is 1. The zero-order valence-corrected chi connectivity index (χ0v) is 18.5. The topological polar surface area (TPSA) is 111 Å². The SMILES string of the molecule is CS(O)(O)Cc1cc(N2CCOCC2)nc(-c2ccc(NC(=O)N3CCCC3)cc2)n1. The van der Waals surface area contributed by atoms with Gasteiger partial charge in [0.25, 0.3) is 0 Å². The fourth-order valence-corrected chi connectivity index (χ4v) is 4.45. The zero-order chi connectivity index (χ0) is 21.8. The van der Waals surface area contributed by atoms with Gasteiger partial charge >= 0.3 is 6.03 Å². The third-order valence-electron chi connectivity index (χ3n) is 5.31. The monoisotopic (exact) mass is 447 g/mol. The molecule has 4 rings (SSSR count). The van der Waals surface area contributed by atoms with Crippen LogP contribution in [0, 0.1) is 0 Å². The molecule has 2 fully saturated rings. The van der Waals surface area contributed by atoms with E-state index in [1.165, 1.54) is 6.26 Å². The predicted octanol–water partition coefficient (Wildman–Crippen LogP) is 3.49. The first kappa shape index (κ1) is 21.8. The van der Waals surface area contributed by atoms with Crippen molar-refractivity contribution < 1.29 is 18.6 Å². The predicted molar refractivity (Wildman–Crippen MR) is 123 cm³/mol. The van der Waals surface area contributed by atoms with Gasteiger partial charge in [0, 0.05) is 49.8 Å². The number of carbonyl (C=O) groups is 1. The number of hydrogen-bond donors (Lipinski definition) is 3. The van der Waals surface area contributed by atoms with Gasteiger partial charge in [-0.1, -0.05) is 0 Å². The molecule has 0 spiro atoms. The van der Waals surface area contributed by atoms with E-state index >= 15 is 0 Å². The Morgan fingerprint density at radius 2 is 1.77 bits per heavy atom. The molecular formula is C21H29N5O4S. The minimum atomic E-state index is -2.74. The van der Waals surface area contributed by atoms with Crippen LogP contribution < -0.4 is 10.2 Å². The number of likely N-dealkylation sites (tertiary alicyclic amines) is 1. The quantitative estimate of drug-likeness (QED) is 0.643. The van der Waals surface area contributed by atoms with Crippen LogP contribution in [0.3, 0.4) is 0 Å². The number of carbonyl (C=O) groups excluding carboxylic acids is 1. The third-order valence-corrected chi connectivity index (χ3v) is 6.15. The molecule has 3 heterocycles. The summed E-state index contributed by atoms with van der Waals surface area (Å²) in [6.45, 7) is 4.29. The van der Waals surface area contributed by atoms with Crippen molar-refractivity contribution in [2.75, 3.05) is 55.9 Å². The minimum absolute atomic E-state index is 0.0732. The van der Waals surface area contributed by atoms with E-state index in [2.05, 4.69) is 15.2 Å². The fourth-order valence-electron chi connectivity index (χ4n) is 3.75. The van der Waals surface area contributed by atoms with Gasteiger partial charge in [-0.3, -0.25) is 9.11 Å². The summed E-state index contributed by atoms with van der Waals surface area (Å²) in [5.74, 6) is 1.34. The van der Waals surface area contributed by atoms with Crippen molar-refractivity contribution in [1.82, 2.24) is 14.9 Å². The Hall–Kier alpha value is -2.40. The van der Waals surface area contributed by atoms with Crippen LogP contribution in [-0.4, -0.2) is 75.7 Å². The number of morpholine rings is 1. The first-order valence-electron chi connectivity index (χ1n) is 10.5. The Labute approximate surface area is 183 Å². The largest absolute Gasteiger partial charge is 0.378 e. The summed E-state index contributed by atoms with van der Waals surface area (Å²) in [7, 11) is -2.74. The number of ether oxygens (including phenoxy) is 1. The average molecular weight is 448 g/mol. The van der Waals surface area contributed by atoms with Crippen LogP contribution in [0.15, 0.2) is 30.3 Å². The van der Waals surface area contributed by atoms with Crippen LogP contribution in [-0.2, 0) is 10.5 Å². The lowest BCUT2D eigenvalue weighted by Crippen LogP contribution is -2.37. The van der Waals surface area contributed by atoms with Crippen molar-refractivity contribution >= 4 is 28.1 Å². The van der Waals surface area contributed by atoms with Crippen LogP contribution in [0.4, 0.5) is 16.3 Å². The molecule has 2 saturated heterocycles. The summed E-state index contributed by atoms with van der Waals surface area (Å²) in [6, 6.07) is 9.14. The lowest BCUT2D eigenvalue weighted by Gasteiger charge is -2.30. The van der Waals surface area contributed by atoms with Gasteiger partial charge in [0.2, 0.25) is 0 Å². The van der Waals surface area contributed by atoms with Crippen molar-refractivity contribution in [2.24, 2.45) is 0 Å². The average Bonchev–Trinajstić information content (AvgIpc) is 3.29. The highest BCUT2D eigenvalue weighted by atomic mass is 32.3. The Morgan fingerprint density at radius 1 is 1.10 bits per heavy atom. The van der Waals surface area contributed by atoms with Crippen molar-refractivity contribution in [2.45, 2.75) is 18.6 Å². The molecule has 0 saturated carbocycles. The second-order valence-electron chi connectivity index (χ2n) is 7.98. The molecule has 0 bridgehead atoms. The lowest BCUT2D eigenvalue weighted by molar-refractivity contribution is 0.122. The second kappa shape index (κ2) is 9.39. The highest BCUT2D eigenvalue weighted by molar-refractivity contribution is 8.23. The first-order valence-corrected chi connectivity index (χ1v) is 12.6. The van der Waals surface area contributed by atoms with Gasteiger partial charge < -0.3 is 19.9 Å². The van der Waals surface area contributed by atoms with E-state index in [4.69, 9.17) is 9.72 Å². The molecule has 10 heteroatoms. The van der Waals surface area contributed by atoms with E-state index in [1.807, 2.05) is 35.2 Å². The number of aromatic nitrogens is 2. The lowest BCUT2D eigenvalue weighted by atomic mass is 10.2. The van der Waals surface area contributed by atoms with E-state index in [0.29, 0.717) is 30.4 Å². The molecule has 9 nitrogen and oxygen atoms in total. The van der Waals surface area contributed by atoms with Gasteiger partial charge in [-0.25, -0.2) is 14.8 Å². The van der Waals surface area contributed by atoms with Gasteiger partial charge in [-0.15, -0.1) is 0 Å². The van der Waals surface area contributed by atoms with E-state index in [1.54, 1.807) is 0 Å². The van der Waals surface area contributed by atoms with Gasteiger partial charge in [0.05, 0.1) is 24.7 Å². The summed E-state index contributed by atoms with van der Waals surface area (Å²) in [4.78, 5) is 25.5. The molecule has 0 aliphatic carbocycles. The van der Waals surface area contributed by atoms with Crippen molar-refractivity contribution in [3.8, 4) is 11.4 Å². The number of rotatable bonds is 5. The van der Waals surface area contributed by atoms with Crippen LogP contribution in [0.5, 0.6) is 0 Å². The number of nitrogens with one attached hydrogen (secondary N) is 1. The molecule has 168 valence electrons. The maximum Gasteiger partial charge on any atom is 0.321 e. The highest BCUT2D eigenvalue weighted by Gasteiger charge is 2.19. The molecule has 2 amide bonds. The molecule has 0 radical (unpaired) electrons. The second-order valence-corrected chi connectivity index (χ2v) is 10.3. The fraction of sp³-hybridized carbons (Fsp3) is 0.476. The van der Waals surface area contributed by atoms with Crippen LogP contribution in [0.1, 0.15) is 18.5 Å². The number of benzene rings is 1.